The summed E-state index contributed by atoms with van der Waals surface area (Å²) < 4.78 is 1.67. The second-order valence-electron chi connectivity index (χ2n) is 4.78. The molecule has 2 N–H and O–H groups in total. The molecule has 0 saturated carbocycles. The van der Waals surface area contributed by atoms with Gasteiger partial charge in [0.1, 0.15) is 17.2 Å². The largest absolute Gasteiger partial charge is 0.368 e. The fourth-order valence-corrected chi connectivity index (χ4v) is 2.56. The van der Waals surface area contributed by atoms with Gasteiger partial charge in [-0.05, 0) is 24.3 Å². The molecule has 0 aliphatic heterocycles. The van der Waals surface area contributed by atoms with E-state index in [1.54, 1.807) is 35.4 Å². The van der Waals surface area contributed by atoms with Gasteiger partial charge in [-0.25, -0.2) is 24.5 Å². The maximum atomic E-state index is 6.01. The first-order valence-corrected chi connectivity index (χ1v) is 7.14. The van der Waals surface area contributed by atoms with E-state index >= 15 is 0 Å². The van der Waals surface area contributed by atoms with Crippen LogP contribution in [0, 0.1) is 0 Å². The van der Waals surface area contributed by atoms with Crippen LogP contribution in [0.1, 0.15) is 0 Å². The fraction of sp³-hybridized carbons (Fsp3) is 0. The Balaban J connectivity index is 2.06. The Labute approximate surface area is 135 Å². The minimum absolute atomic E-state index is 0.195. The molecule has 0 aliphatic rings. The average Bonchev–Trinajstić information content (AvgIpc) is 2.94. The summed E-state index contributed by atoms with van der Waals surface area (Å²) in [6.45, 7) is 0. The van der Waals surface area contributed by atoms with Crippen LogP contribution < -0.4 is 5.73 Å². The Hall–Kier alpha value is -3.06. The summed E-state index contributed by atoms with van der Waals surface area (Å²) in [6.07, 6.45) is 4.93. The monoisotopic (exact) mass is 323 g/mol. The SMILES string of the molecule is Nc1nccc(-c2c(-c3cccc(Cl)n3)nn3cnccc23)n1. The molecule has 0 aliphatic carbocycles. The molecule has 8 heteroatoms. The quantitative estimate of drug-likeness (QED) is 0.569. The maximum Gasteiger partial charge on any atom is 0.220 e. The molecule has 0 saturated heterocycles. The lowest BCUT2D eigenvalue weighted by Crippen LogP contribution is -1.96. The van der Waals surface area contributed by atoms with Crippen molar-refractivity contribution in [2.45, 2.75) is 0 Å². The standard InChI is InChI=1S/C15H10ClN7/c16-12-3-1-2-10(20-12)14-13(9-4-7-19-15(17)21-9)11-5-6-18-8-23(11)22-14/h1-8H,(H2,17,19,21). The highest BCUT2D eigenvalue weighted by Crippen LogP contribution is 2.33. The predicted octanol–water partition coefficient (Wildman–Crippen LogP) is 2.48. The number of anilines is 1. The van der Waals surface area contributed by atoms with Gasteiger partial charge in [0, 0.05) is 12.4 Å². The van der Waals surface area contributed by atoms with E-state index in [-0.39, 0.29) is 5.95 Å². The van der Waals surface area contributed by atoms with E-state index in [0.717, 1.165) is 11.1 Å². The molecule has 0 aromatic carbocycles. The Morgan fingerprint density at radius 3 is 2.74 bits per heavy atom. The number of aromatic nitrogens is 6. The van der Waals surface area contributed by atoms with Crippen molar-refractivity contribution < 1.29 is 0 Å². The van der Waals surface area contributed by atoms with E-state index in [9.17, 15) is 0 Å². The van der Waals surface area contributed by atoms with Gasteiger partial charge < -0.3 is 5.73 Å². The molecule has 4 aromatic rings. The molecule has 4 rings (SSSR count). The Morgan fingerprint density at radius 2 is 1.91 bits per heavy atom. The first-order chi connectivity index (χ1) is 11.2. The number of halogens is 1. The number of rotatable bonds is 2. The molecule has 0 amide bonds. The molecule has 0 bridgehead atoms. The lowest BCUT2D eigenvalue weighted by Gasteiger charge is -2.03. The Morgan fingerprint density at radius 1 is 1.00 bits per heavy atom. The number of pyridine rings is 1. The summed E-state index contributed by atoms with van der Waals surface area (Å²) in [5.41, 5.74) is 9.33. The number of fused-ring (bicyclic) bond motifs is 1. The van der Waals surface area contributed by atoms with Crippen LogP contribution in [-0.4, -0.2) is 29.5 Å². The topological polar surface area (TPSA) is 94.9 Å². The van der Waals surface area contributed by atoms with Crippen LogP contribution in [0.3, 0.4) is 0 Å². The van der Waals surface area contributed by atoms with Crippen molar-refractivity contribution in [3.8, 4) is 22.6 Å². The number of nitrogens with two attached hydrogens (primary N) is 1. The first kappa shape index (κ1) is 13.6. The van der Waals surface area contributed by atoms with Crippen LogP contribution in [-0.2, 0) is 0 Å². The molecule has 0 fully saturated rings. The van der Waals surface area contributed by atoms with Gasteiger partial charge in [-0.2, -0.15) is 5.10 Å². The summed E-state index contributed by atoms with van der Waals surface area (Å²) in [4.78, 5) is 16.7. The highest BCUT2D eigenvalue weighted by atomic mass is 35.5. The predicted molar refractivity (Wildman–Crippen MR) is 86.7 cm³/mol. The second kappa shape index (κ2) is 5.29. The van der Waals surface area contributed by atoms with Gasteiger partial charge in [-0.15, -0.1) is 0 Å². The van der Waals surface area contributed by atoms with Crippen LogP contribution in [0.2, 0.25) is 5.15 Å². The normalized spacial score (nSPS) is 11.0. The zero-order valence-corrected chi connectivity index (χ0v) is 12.5. The van der Waals surface area contributed by atoms with E-state index in [4.69, 9.17) is 17.3 Å². The number of nitrogens with zero attached hydrogens (tertiary/aromatic N) is 6. The molecular weight excluding hydrogens is 314 g/mol. The average molecular weight is 324 g/mol. The van der Waals surface area contributed by atoms with E-state index in [2.05, 4.69) is 25.0 Å². The molecule has 0 unspecified atom stereocenters. The van der Waals surface area contributed by atoms with Crippen molar-refractivity contribution >= 4 is 23.1 Å². The summed E-state index contributed by atoms with van der Waals surface area (Å²) in [6, 6.07) is 9.02. The van der Waals surface area contributed by atoms with Crippen molar-refractivity contribution in [1.82, 2.24) is 29.5 Å². The van der Waals surface area contributed by atoms with Gasteiger partial charge >= 0.3 is 0 Å². The third kappa shape index (κ3) is 2.36. The van der Waals surface area contributed by atoms with Gasteiger partial charge in [0.05, 0.1) is 22.5 Å². The van der Waals surface area contributed by atoms with Crippen molar-refractivity contribution in [3.05, 3.63) is 54.2 Å². The molecule has 0 radical (unpaired) electrons. The minimum Gasteiger partial charge on any atom is -0.368 e. The summed E-state index contributed by atoms with van der Waals surface area (Å²) in [5, 5.41) is 4.96. The molecule has 4 heterocycles. The van der Waals surface area contributed by atoms with Crippen molar-refractivity contribution in [1.29, 1.82) is 0 Å². The van der Waals surface area contributed by atoms with Crippen LogP contribution in [0.15, 0.2) is 49.1 Å². The highest BCUT2D eigenvalue weighted by molar-refractivity contribution is 6.29. The molecular formula is C15H10ClN7. The smallest absolute Gasteiger partial charge is 0.220 e. The van der Waals surface area contributed by atoms with Gasteiger partial charge in [0.2, 0.25) is 5.95 Å². The summed E-state index contributed by atoms with van der Waals surface area (Å²) in [7, 11) is 0. The van der Waals surface area contributed by atoms with Gasteiger partial charge in [0.25, 0.3) is 0 Å². The zero-order chi connectivity index (χ0) is 15.8. The van der Waals surface area contributed by atoms with E-state index < -0.39 is 0 Å². The molecule has 23 heavy (non-hydrogen) atoms. The molecule has 4 aromatic heterocycles. The zero-order valence-electron chi connectivity index (χ0n) is 11.8. The Bertz CT molecular complexity index is 1010. The van der Waals surface area contributed by atoms with Crippen molar-refractivity contribution in [3.63, 3.8) is 0 Å². The fourth-order valence-electron chi connectivity index (χ4n) is 2.40. The highest BCUT2D eigenvalue weighted by Gasteiger charge is 2.18. The first-order valence-electron chi connectivity index (χ1n) is 6.76. The molecule has 7 nitrogen and oxygen atoms in total. The summed E-state index contributed by atoms with van der Waals surface area (Å²) >= 11 is 6.01. The summed E-state index contributed by atoms with van der Waals surface area (Å²) in [5.74, 6) is 0.195. The van der Waals surface area contributed by atoms with Crippen LogP contribution in [0.5, 0.6) is 0 Å². The number of nitrogen functional groups attached to an aromatic ring is 1. The van der Waals surface area contributed by atoms with Crippen molar-refractivity contribution in [2.75, 3.05) is 5.73 Å². The van der Waals surface area contributed by atoms with E-state index in [1.807, 2.05) is 18.2 Å². The van der Waals surface area contributed by atoms with E-state index in [0.29, 0.717) is 22.2 Å². The van der Waals surface area contributed by atoms with Gasteiger partial charge in [0.15, 0.2) is 0 Å². The lowest BCUT2D eigenvalue weighted by atomic mass is 10.1. The number of hydrogen-bond donors (Lipinski definition) is 1. The van der Waals surface area contributed by atoms with Gasteiger partial charge in [-0.3, -0.25) is 0 Å². The third-order valence-corrected chi connectivity index (χ3v) is 3.54. The third-order valence-electron chi connectivity index (χ3n) is 3.33. The maximum absolute atomic E-state index is 6.01. The second-order valence-corrected chi connectivity index (χ2v) is 5.17. The van der Waals surface area contributed by atoms with Gasteiger partial charge in [-0.1, -0.05) is 17.7 Å². The lowest BCUT2D eigenvalue weighted by molar-refractivity contribution is 0.923. The molecule has 0 atom stereocenters. The van der Waals surface area contributed by atoms with Crippen LogP contribution in [0.4, 0.5) is 5.95 Å². The van der Waals surface area contributed by atoms with E-state index in [1.165, 1.54) is 0 Å². The van der Waals surface area contributed by atoms with Crippen LogP contribution >= 0.6 is 11.6 Å². The number of hydrogen-bond acceptors (Lipinski definition) is 6. The molecule has 112 valence electrons. The molecule has 0 spiro atoms. The minimum atomic E-state index is 0.195. The Kier molecular flexibility index (Phi) is 3.13. The van der Waals surface area contributed by atoms with Crippen LogP contribution in [0.25, 0.3) is 28.2 Å². The van der Waals surface area contributed by atoms with Crippen molar-refractivity contribution in [2.24, 2.45) is 0 Å².